The lowest BCUT2D eigenvalue weighted by molar-refractivity contribution is -0.127. The number of aromatic nitrogens is 2. The molecule has 36 heavy (non-hydrogen) atoms. The van der Waals surface area contributed by atoms with Gasteiger partial charge in [0.2, 0.25) is 5.89 Å². The third-order valence-electron chi connectivity index (χ3n) is 5.76. The third-order valence-corrected chi connectivity index (χ3v) is 5.76. The lowest BCUT2D eigenvalue weighted by atomic mass is 9.84. The summed E-state index contributed by atoms with van der Waals surface area (Å²) in [5.74, 6) is -0.0510. The van der Waals surface area contributed by atoms with E-state index in [-0.39, 0.29) is 53.8 Å². The van der Waals surface area contributed by atoms with Crippen LogP contribution in [0.5, 0.6) is 11.8 Å². The van der Waals surface area contributed by atoms with Gasteiger partial charge in [-0.2, -0.15) is 18.2 Å². The Bertz CT molecular complexity index is 1180. The number of alkyl halides is 3. The molecule has 1 aromatic heterocycles. The van der Waals surface area contributed by atoms with E-state index in [1.165, 1.54) is 41.3 Å². The van der Waals surface area contributed by atoms with Crippen LogP contribution >= 0.6 is 0 Å². The highest BCUT2D eigenvalue weighted by Gasteiger charge is 2.36. The maximum atomic E-state index is 13.0. The first-order valence-electron chi connectivity index (χ1n) is 11.3. The molecule has 1 fully saturated rings. The van der Waals surface area contributed by atoms with E-state index in [0.29, 0.717) is 13.0 Å². The van der Waals surface area contributed by atoms with E-state index in [1.54, 1.807) is 19.1 Å². The van der Waals surface area contributed by atoms with Crippen LogP contribution in [0.15, 0.2) is 58.2 Å². The summed E-state index contributed by atoms with van der Waals surface area (Å²) < 4.78 is 54.3. The molecule has 0 aliphatic carbocycles. The summed E-state index contributed by atoms with van der Waals surface area (Å²) >= 11 is 0. The highest BCUT2D eigenvalue weighted by atomic mass is 19.4. The summed E-state index contributed by atoms with van der Waals surface area (Å²) in [6.45, 7) is 2.63. The molecule has 2 atom stereocenters. The fourth-order valence-corrected chi connectivity index (χ4v) is 4.12. The lowest BCUT2D eigenvalue weighted by Gasteiger charge is -2.36. The van der Waals surface area contributed by atoms with Gasteiger partial charge < -0.3 is 18.9 Å². The van der Waals surface area contributed by atoms with Gasteiger partial charge in [0.25, 0.3) is 0 Å². The summed E-state index contributed by atoms with van der Waals surface area (Å²) in [7, 11) is 0. The van der Waals surface area contributed by atoms with Gasteiger partial charge in [-0.15, -0.1) is 4.91 Å². The zero-order valence-corrected chi connectivity index (χ0v) is 19.3. The number of nitrogens with zero attached hydrogens (tertiary/aromatic N) is 4. The van der Waals surface area contributed by atoms with Crippen LogP contribution in [-0.4, -0.2) is 47.0 Å². The molecule has 0 saturated carbocycles. The van der Waals surface area contributed by atoms with Crippen molar-refractivity contribution in [2.75, 3.05) is 19.7 Å². The van der Waals surface area contributed by atoms with Crippen LogP contribution < -0.4 is 9.47 Å². The number of piperidine rings is 1. The summed E-state index contributed by atoms with van der Waals surface area (Å²) in [5, 5.41) is 6.61. The second-order valence-corrected chi connectivity index (χ2v) is 8.37. The van der Waals surface area contributed by atoms with Crippen LogP contribution in [0.3, 0.4) is 0 Å². The fraction of sp³-hybridized carbons (Fsp3) is 0.375. The molecule has 1 aliphatic heterocycles. The number of ether oxygens (including phenoxy) is 2. The Morgan fingerprint density at radius 1 is 1.11 bits per heavy atom. The highest BCUT2D eigenvalue weighted by Crippen LogP contribution is 2.36. The second kappa shape index (κ2) is 10.8. The van der Waals surface area contributed by atoms with Crippen molar-refractivity contribution in [1.29, 1.82) is 0 Å². The van der Waals surface area contributed by atoms with Gasteiger partial charge >= 0.3 is 18.3 Å². The normalized spacial score (nSPS) is 18.1. The molecular weight excluding hydrogens is 481 g/mol. The maximum absolute atomic E-state index is 13.0. The number of amides is 1. The minimum Gasteiger partial charge on any atom is -0.462 e. The molecule has 2 unspecified atom stereocenters. The van der Waals surface area contributed by atoms with Gasteiger partial charge in [-0.05, 0) is 59.1 Å². The zero-order valence-electron chi connectivity index (χ0n) is 19.3. The Morgan fingerprint density at radius 2 is 1.81 bits per heavy atom. The van der Waals surface area contributed by atoms with E-state index in [4.69, 9.17) is 14.0 Å². The summed E-state index contributed by atoms with van der Waals surface area (Å²) in [6, 6.07) is 12.0. The molecule has 4 rings (SSSR count). The minimum absolute atomic E-state index is 0.0872. The number of carbonyl (C=O) groups is 1. The minimum atomic E-state index is -4.30. The molecule has 0 spiro atoms. The van der Waals surface area contributed by atoms with E-state index in [2.05, 4.69) is 15.3 Å². The molecule has 2 heterocycles. The molecule has 1 amide bonds. The van der Waals surface area contributed by atoms with Crippen molar-refractivity contribution in [2.24, 2.45) is 5.18 Å². The number of halogens is 3. The molecule has 12 heteroatoms. The van der Waals surface area contributed by atoms with Crippen molar-refractivity contribution in [3.8, 4) is 11.8 Å². The number of hydrogen-bond donors (Lipinski definition) is 0. The first kappa shape index (κ1) is 25.1. The molecule has 1 saturated heterocycles. The second-order valence-electron chi connectivity index (χ2n) is 8.37. The Kier molecular flexibility index (Phi) is 7.51. The Hall–Kier alpha value is -3.96. The third kappa shape index (κ3) is 6.37. The maximum Gasteiger partial charge on any atom is 0.415 e. The predicted molar refractivity (Wildman–Crippen MR) is 121 cm³/mol. The number of carbonyl (C=O) groups excluding carboxylic acids is 1. The van der Waals surface area contributed by atoms with Crippen molar-refractivity contribution < 1.29 is 32.0 Å². The van der Waals surface area contributed by atoms with Crippen molar-refractivity contribution >= 4 is 11.8 Å². The molecular formula is C24H23F3N4O5. The van der Waals surface area contributed by atoms with E-state index in [9.17, 15) is 22.9 Å². The van der Waals surface area contributed by atoms with E-state index >= 15 is 0 Å². The molecule has 3 aromatic rings. The average Bonchev–Trinajstić information content (AvgIpc) is 3.33. The standard InChI is InChI=1S/C24H23F3N4O5/c1-2-34-22-28-21(36-30-22)18-11-17(16-5-3-15(4-6-16)12-24(25,26)27)13-31(14-18)23(32)35-20-9-7-19(29-33)8-10-20/h3-10,17-18H,2,11-14H2,1H3. The molecule has 9 nitrogen and oxygen atoms in total. The van der Waals surface area contributed by atoms with Gasteiger partial charge in [0.15, 0.2) is 0 Å². The molecule has 0 bridgehead atoms. The number of benzene rings is 2. The topological polar surface area (TPSA) is 107 Å². The number of likely N-dealkylation sites (tertiary alicyclic amines) is 1. The van der Waals surface area contributed by atoms with Crippen LogP contribution in [0.25, 0.3) is 0 Å². The molecule has 2 aromatic carbocycles. The van der Waals surface area contributed by atoms with Crippen LogP contribution in [0, 0.1) is 4.91 Å². The van der Waals surface area contributed by atoms with Gasteiger partial charge in [0.1, 0.15) is 11.4 Å². The van der Waals surface area contributed by atoms with Gasteiger partial charge in [-0.25, -0.2) is 4.79 Å². The van der Waals surface area contributed by atoms with Crippen LogP contribution in [0.1, 0.15) is 42.2 Å². The van der Waals surface area contributed by atoms with Crippen molar-refractivity contribution in [3.05, 3.63) is 70.5 Å². The summed E-state index contributed by atoms with van der Waals surface area (Å²) in [5.41, 5.74) is 1.12. The Labute approximate surface area is 204 Å². The average molecular weight is 504 g/mol. The monoisotopic (exact) mass is 504 g/mol. The van der Waals surface area contributed by atoms with Gasteiger partial charge in [0.05, 0.1) is 18.9 Å². The number of hydrogen-bond acceptors (Lipinski definition) is 8. The molecule has 190 valence electrons. The Morgan fingerprint density at radius 3 is 2.44 bits per heavy atom. The summed E-state index contributed by atoms with van der Waals surface area (Å²) in [6.07, 6.45) is -5.42. The first-order valence-corrected chi connectivity index (χ1v) is 11.3. The SMILES string of the molecule is CCOc1noc(C2CC(c3ccc(CC(F)(F)F)cc3)CN(C(=O)Oc3ccc(N=O)cc3)C2)n1. The fourth-order valence-electron chi connectivity index (χ4n) is 4.12. The summed E-state index contributed by atoms with van der Waals surface area (Å²) in [4.78, 5) is 29.4. The first-order chi connectivity index (χ1) is 17.2. The van der Waals surface area contributed by atoms with E-state index < -0.39 is 18.7 Å². The van der Waals surface area contributed by atoms with Crippen molar-refractivity contribution in [1.82, 2.24) is 15.0 Å². The smallest absolute Gasteiger partial charge is 0.415 e. The van der Waals surface area contributed by atoms with E-state index in [1.807, 2.05) is 0 Å². The van der Waals surface area contributed by atoms with Crippen LogP contribution in [0.2, 0.25) is 0 Å². The van der Waals surface area contributed by atoms with Crippen molar-refractivity contribution in [3.63, 3.8) is 0 Å². The molecule has 0 radical (unpaired) electrons. The largest absolute Gasteiger partial charge is 0.462 e. The quantitative estimate of drug-likeness (QED) is 0.378. The number of rotatable bonds is 7. The van der Waals surface area contributed by atoms with Gasteiger partial charge in [0, 0.05) is 19.0 Å². The van der Waals surface area contributed by atoms with Crippen molar-refractivity contribution in [2.45, 2.75) is 37.8 Å². The van der Waals surface area contributed by atoms with E-state index in [0.717, 1.165) is 5.56 Å². The van der Waals surface area contributed by atoms with Gasteiger partial charge in [-0.3, -0.25) is 0 Å². The van der Waals surface area contributed by atoms with Gasteiger partial charge in [-0.1, -0.05) is 24.3 Å². The highest BCUT2D eigenvalue weighted by molar-refractivity contribution is 5.71. The predicted octanol–water partition coefficient (Wildman–Crippen LogP) is 5.74. The molecule has 0 N–H and O–H groups in total. The van der Waals surface area contributed by atoms with Crippen LogP contribution in [-0.2, 0) is 6.42 Å². The molecule has 1 aliphatic rings. The zero-order chi connectivity index (χ0) is 25.7. The lowest BCUT2D eigenvalue weighted by Crippen LogP contribution is -2.44. The number of nitroso groups, excluding NO2 is 1. The Balaban J connectivity index is 1.55. The van der Waals surface area contributed by atoms with Crippen LogP contribution in [0.4, 0.5) is 23.7 Å².